The molecule has 0 aliphatic heterocycles. The molecule has 0 atom stereocenters. The highest BCUT2D eigenvalue weighted by Gasteiger charge is 2.01. The van der Waals surface area contributed by atoms with Crippen LogP contribution in [-0.4, -0.2) is 10.9 Å². The third kappa shape index (κ3) is 3.91. The zero-order valence-corrected chi connectivity index (χ0v) is 11.1. The van der Waals surface area contributed by atoms with E-state index in [-0.39, 0.29) is 5.91 Å². The number of benzene rings is 1. The fourth-order valence-corrected chi connectivity index (χ4v) is 1.84. The minimum absolute atomic E-state index is 0.108. The molecule has 0 aliphatic rings. The van der Waals surface area contributed by atoms with Gasteiger partial charge in [0.1, 0.15) is 0 Å². The van der Waals surface area contributed by atoms with E-state index in [0.717, 1.165) is 23.2 Å². The number of hydrogen-bond acceptors (Lipinski definition) is 2. The molecule has 0 spiro atoms. The first-order chi connectivity index (χ1) is 9.29. The van der Waals surface area contributed by atoms with Gasteiger partial charge < -0.3 is 5.32 Å². The zero-order valence-electron chi connectivity index (χ0n) is 11.1. The van der Waals surface area contributed by atoms with Crippen LogP contribution < -0.4 is 5.32 Å². The molecule has 98 valence electrons. The number of carbonyl (C=O) groups excluding carboxylic acids is 1. The smallest absolute Gasteiger partial charge is 0.220 e. The number of carbonyl (C=O) groups is 1. The van der Waals surface area contributed by atoms with E-state index in [1.165, 1.54) is 0 Å². The first-order valence-corrected chi connectivity index (χ1v) is 6.56. The summed E-state index contributed by atoms with van der Waals surface area (Å²) in [6.07, 6.45) is 3.25. The SMILES string of the molecule is CCCC(=O)NCc1ccc(-c2ccccn2)cc1. The molecule has 0 aliphatic carbocycles. The van der Waals surface area contributed by atoms with Crippen LogP contribution in [0.25, 0.3) is 11.3 Å². The maximum absolute atomic E-state index is 11.4. The number of hydrogen-bond donors (Lipinski definition) is 1. The molecule has 19 heavy (non-hydrogen) atoms. The average molecular weight is 254 g/mol. The van der Waals surface area contributed by atoms with Crippen molar-refractivity contribution in [3.63, 3.8) is 0 Å². The van der Waals surface area contributed by atoms with Crippen molar-refractivity contribution < 1.29 is 4.79 Å². The van der Waals surface area contributed by atoms with Gasteiger partial charge in [0.05, 0.1) is 5.69 Å². The van der Waals surface area contributed by atoms with Crippen LogP contribution in [0.1, 0.15) is 25.3 Å². The van der Waals surface area contributed by atoms with Gasteiger partial charge in [-0.15, -0.1) is 0 Å². The molecular formula is C16H18N2O. The Morgan fingerprint density at radius 2 is 1.95 bits per heavy atom. The monoisotopic (exact) mass is 254 g/mol. The van der Waals surface area contributed by atoms with Crippen molar-refractivity contribution in [2.24, 2.45) is 0 Å². The number of amides is 1. The van der Waals surface area contributed by atoms with Crippen LogP contribution >= 0.6 is 0 Å². The number of aromatic nitrogens is 1. The molecule has 1 amide bonds. The lowest BCUT2D eigenvalue weighted by Gasteiger charge is -2.06. The molecule has 2 aromatic rings. The third-order valence-electron chi connectivity index (χ3n) is 2.88. The summed E-state index contributed by atoms with van der Waals surface area (Å²) in [5.74, 6) is 0.108. The van der Waals surface area contributed by atoms with Crippen molar-refractivity contribution in [2.45, 2.75) is 26.3 Å². The molecular weight excluding hydrogens is 236 g/mol. The largest absolute Gasteiger partial charge is 0.352 e. The molecule has 0 saturated heterocycles. The average Bonchev–Trinajstić information content (AvgIpc) is 2.47. The summed E-state index contributed by atoms with van der Waals surface area (Å²) >= 11 is 0. The van der Waals surface area contributed by atoms with Crippen molar-refractivity contribution in [1.29, 1.82) is 0 Å². The van der Waals surface area contributed by atoms with E-state index in [4.69, 9.17) is 0 Å². The van der Waals surface area contributed by atoms with E-state index >= 15 is 0 Å². The fraction of sp³-hybridized carbons (Fsp3) is 0.250. The van der Waals surface area contributed by atoms with Gasteiger partial charge in [0.15, 0.2) is 0 Å². The number of nitrogens with one attached hydrogen (secondary N) is 1. The Morgan fingerprint density at radius 3 is 2.58 bits per heavy atom. The van der Waals surface area contributed by atoms with E-state index in [2.05, 4.69) is 10.3 Å². The minimum Gasteiger partial charge on any atom is -0.352 e. The Hall–Kier alpha value is -2.16. The van der Waals surface area contributed by atoms with Crippen molar-refractivity contribution in [2.75, 3.05) is 0 Å². The summed E-state index contributed by atoms with van der Waals surface area (Å²) in [7, 11) is 0. The van der Waals surface area contributed by atoms with Gasteiger partial charge in [0.25, 0.3) is 0 Å². The second-order valence-electron chi connectivity index (χ2n) is 4.44. The van der Waals surface area contributed by atoms with E-state index in [9.17, 15) is 4.79 Å². The lowest BCUT2D eigenvalue weighted by molar-refractivity contribution is -0.121. The molecule has 0 bridgehead atoms. The normalized spacial score (nSPS) is 10.2. The summed E-state index contributed by atoms with van der Waals surface area (Å²) in [4.78, 5) is 15.7. The van der Waals surface area contributed by atoms with Gasteiger partial charge in [-0.25, -0.2) is 0 Å². The molecule has 1 heterocycles. The van der Waals surface area contributed by atoms with Gasteiger partial charge in [-0.1, -0.05) is 37.3 Å². The highest BCUT2D eigenvalue weighted by atomic mass is 16.1. The highest BCUT2D eigenvalue weighted by molar-refractivity contribution is 5.75. The van der Waals surface area contributed by atoms with Gasteiger partial charge in [0, 0.05) is 24.7 Å². The van der Waals surface area contributed by atoms with Crippen LogP contribution in [0.5, 0.6) is 0 Å². The van der Waals surface area contributed by atoms with E-state index in [1.54, 1.807) is 6.20 Å². The van der Waals surface area contributed by atoms with Gasteiger partial charge in [-0.2, -0.15) is 0 Å². The number of nitrogens with zero attached hydrogens (tertiary/aromatic N) is 1. The first kappa shape index (κ1) is 13.3. The second kappa shape index (κ2) is 6.69. The van der Waals surface area contributed by atoms with Crippen molar-refractivity contribution in [3.8, 4) is 11.3 Å². The zero-order chi connectivity index (χ0) is 13.5. The van der Waals surface area contributed by atoms with Gasteiger partial charge >= 0.3 is 0 Å². The van der Waals surface area contributed by atoms with Gasteiger partial charge in [-0.3, -0.25) is 9.78 Å². The maximum atomic E-state index is 11.4. The van der Waals surface area contributed by atoms with Crippen LogP contribution in [0.15, 0.2) is 48.7 Å². The summed E-state index contributed by atoms with van der Waals surface area (Å²) in [5, 5.41) is 2.90. The topological polar surface area (TPSA) is 42.0 Å². The third-order valence-corrected chi connectivity index (χ3v) is 2.88. The molecule has 1 aromatic carbocycles. The van der Waals surface area contributed by atoms with E-state index in [0.29, 0.717) is 13.0 Å². The van der Waals surface area contributed by atoms with Crippen LogP contribution in [0.4, 0.5) is 0 Å². The second-order valence-corrected chi connectivity index (χ2v) is 4.44. The summed E-state index contributed by atoms with van der Waals surface area (Å²) in [5.41, 5.74) is 3.15. The maximum Gasteiger partial charge on any atom is 0.220 e. The van der Waals surface area contributed by atoms with E-state index < -0.39 is 0 Å². The predicted molar refractivity (Wildman–Crippen MR) is 76.4 cm³/mol. The van der Waals surface area contributed by atoms with Gasteiger partial charge in [0.2, 0.25) is 5.91 Å². The van der Waals surface area contributed by atoms with E-state index in [1.807, 2.05) is 49.4 Å². The molecule has 0 radical (unpaired) electrons. The quantitative estimate of drug-likeness (QED) is 0.890. The molecule has 0 saturated carbocycles. The van der Waals surface area contributed by atoms with Crippen LogP contribution in [0.2, 0.25) is 0 Å². The minimum atomic E-state index is 0.108. The Bertz CT molecular complexity index is 520. The summed E-state index contributed by atoms with van der Waals surface area (Å²) < 4.78 is 0. The summed E-state index contributed by atoms with van der Waals surface area (Å²) in [6.45, 7) is 2.59. The molecule has 0 fully saturated rings. The Labute approximate surface area is 113 Å². The van der Waals surface area contributed by atoms with Crippen LogP contribution in [0, 0.1) is 0 Å². The Kier molecular flexibility index (Phi) is 4.67. The lowest BCUT2D eigenvalue weighted by atomic mass is 10.1. The number of pyridine rings is 1. The Morgan fingerprint density at radius 1 is 1.16 bits per heavy atom. The predicted octanol–water partition coefficient (Wildman–Crippen LogP) is 3.16. The molecule has 0 unspecified atom stereocenters. The van der Waals surface area contributed by atoms with Crippen LogP contribution in [0.3, 0.4) is 0 Å². The molecule has 1 N–H and O–H groups in total. The standard InChI is InChI=1S/C16H18N2O/c1-2-5-16(19)18-12-13-7-9-14(10-8-13)15-6-3-4-11-17-15/h3-4,6-11H,2,5,12H2,1H3,(H,18,19). The molecule has 2 rings (SSSR count). The van der Waals surface area contributed by atoms with Crippen LogP contribution in [-0.2, 0) is 11.3 Å². The first-order valence-electron chi connectivity index (χ1n) is 6.56. The molecule has 3 heteroatoms. The highest BCUT2D eigenvalue weighted by Crippen LogP contribution is 2.16. The van der Waals surface area contributed by atoms with Crippen molar-refractivity contribution >= 4 is 5.91 Å². The van der Waals surface area contributed by atoms with Crippen molar-refractivity contribution in [1.82, 2.24) is 10.3 Å². The van der Waals surface area contributed by atoms with Gasteiger partial charge in [-0.05, 0) is 24.1 Å². The lowest BCUT2D eigenvalue weighted by Crippen LogP contribution is -2.21. The summed E-state index contributed by atoms with van der Waals surface area (Å²) in [6, 6.07) is 14.0. The number of rotatable bonds is 5. The van der Waals surface area contributed by atoms with Crippen molar-refractivity contribution in [3.05, 3.63) is 54.2 Å². The molecule has 3 nitrogen and oxygen atoms in total. The Balaban J connectivity index is 1.97. The fourth-order valence-electron chi connectivity index (χ4n) is 1.84. The molecule has 1 aromatic heterocycles.